The van der Waals surface area contributed by atoms with Crippen LogP contribution in [0.5, 0.6) is 0 Å². The second kappa shape index (κ2) is 3.24. The highest BCUT2D eigenvalue weighted by Crippen LogP contribution is 2.24. The van der Waals surface area contributed by atoms with Crippen LogP contribution in [0.15, 0.2) is 18.5 Å². The number of carbonyl (C=O) groups is 1. The minimum Gasteiger partial charge on any atom is -0.367 e. The van der Waals surface area contributed by atoms with Crippen molar-refractivity contribution in [3.63, 3.8) is 0 Å². The molecule has 0 saturated heterocycles. The molecule has 1 aliphatic carbocycles. The fourth-order valence-corrected chi connectivity index (χ4v) is 1.60. The molecular weight excluding hydrogens is 164 g/mol. The SMILES string of the molecule is CN(C(=O)c1cc[nH]c1)C1CCC1. The second-order valence-electron chi connectivity index (χ2n) is 3.60. The summed E-state index contributed by atoms with van der Waals surface area (Å²) in [6.45, 7) is 0. The number of carbonyl (C=O) groups excluding carboxylic acids is 1. The van der Waals surface area contributed by atoms with E-state index in [9.17, 15) is 4.79 Å². The minimum absolute atomic E-state index is 0.131. The van der Waals surface area contributed by atoms with E-state index in [-0.39, 0.29) is 5.91 Å². The van der Waals surface area contributed by atoms with Gasteiger partial charge < -0.3 is 9.88 Å². The zero-order valence-corrected chi connectivity index (χ0v) is 7.79. The standard InChI is InChI=1S/C10H14N2O/c1-12(9-3-2-4-9)10(13)8-5-6-11-7-8/h5-7,9,11H,2-4H2,1H3. The van der Waals surface area contributed by atoms with Gasteiger partial charge in [-0.3, -0.25) is 4.79 Å². The van der Waals surface area contributed by atoms with Gasteiger partial charge in [0.2, 0.25) is 0 Å². The van der Waals surface area contributed by atoms with Gasteiger partial charge in [0.25, 0.3) is 5.91 Å². The van der Waals surface area contributed by atoms with Crippen LogP contribution in [0.3, 0.4) is 0 Å². The van der Waals surface area contributed by atoms with E-state index in [0.717, 1.165) is 18.4 Å². The zero-order chi connectivity index (χ0) is 9.26. The molecular formula is C10H14N2O. The van der Waals surface area contributed by atoms with Gasteiger partial charge in [0.05, 0.1) is 5.56 Å². The van der Waals surface area contributed by atoms with Crippen molar-refractivity contribution < 1.29 is 4.79 Å². The van der Waals surface area contributed by atoms with Gasteiger partial charge in [0.15, 0.2) is 0 Å². The van der Waals surface area contributed by atoms with E-state index in [1.165, 1.54) is 6.42 Å². The van der Waals surface area contributed by atoms with Crippen LogP contribution < -0.4 is 0 Å². The van der Waals surface area contributed by atoms with Crippen molar-refractivity contribution in [3.8, 4) is 0 Å². The summed E-state index contributed by atoms with van der Waals surface area (Å²) in [5.41, 5.74) is 0.759. The highest BCUT2D eigenvalue weighted by atomic mass is 16.2. The fraction of sp³-hybridized carbons (Fsp3) is 0.500. The summed E-state index contributed by atoms with van der Waals surface area (Å²) in [6, 6.07) is 2.29. The first-order chi connectivity index (χ1) is 6.29. The summed E-state index contributed by atoms with van der Waals surface area (Å²) >= 11 is 0. The number of aromatic nitrogens is 1. The molecule has 0 aliphatic heterocycles. The molecule has 2 rings (SSSR count). The highest BCUT2D eigenvalue weighted by Gasteiger charge is 2.26. The van der Waals surface area contributed by atoms with Crippen LogP contribution in [0, 0.1) is 0 Å². The van der Waals surface area contributed by atoms with Crippen LogP contribution in [0.2, 0.25) is 0 Å². The third kappa shape index (κ3) is 1.46. The van der Waals surface area contributed by atoms with Crippen molar-refractivity contribution in [1.29, 1.82) is 0 Å². The van der Waals surface area contributed by atoms with Crippen molar-refractivity contribution in [1.82, 2.24) is 9.88 Å². The van der Waals surface area contributed by atoms with Crippen LogP contribution in [0.4, 0.5) is 0 Å². The molecule has 1 aromatic rings. The smallest absolute Gasteiger partial charge is 0.255 e. The normalized spacial score (nSPS) is 16.7. The number of rotatable bonds is 2. The molecule has 0 atom stereocenters. The quantitative estimate of drug-likeness (QED) is 0.734. The third-order valence-corrected chi connectivity index (χ3v) is 2.79. The lowest BCUT2D eigenvalue weighted by Gasteiger charge is -2.34. The van der Waals surface area contributed by atoms with Crippen molar-refractivity contribution in [2.24, 2.45) is 0 Å². The number of aromatic amines is 1. The van der Waals surface area contributed by atoms with Gasteiger partial charge in [-0.25, -0.2) is 0 Å². The van der Waals surface area contributed by atoms with Gasteiger partial charge in [0, 0.05) is 25.5 Å². The average Bonchev–Trinajstić information content (AvgIpc) is 2.51. The van der Waals surface area contributed by atoms with E-state index in [4.69, 9.17) is 0 Å². The van der Waals surface area contributed by atoms with E-state index in [2.05, 4.69) is 4.98 Å². The Bertz CT molecular complexity index is 288. The maximum Gasteiger partial charge on any atom is 0.255 e. The maximum atomic E-state index is 11.7. The predicted octanol–water partition coefficient (Wildman–Crippen LogP) is 1.64. The first kappa shape index (κ1) is 8.35. The number of nitrogens with zero attached hydrogens (tertiary/aromatic N) is 1. The largest absolute Gasteiger partial charge is 0.367 e. The second-order valence-corrected chi connectivity index (χ2v) is 3.60. The van der Waals surface area contributed by atoms with Crippen LogP contribution in [-0.4, -0.2) is 28.9 Å². The van der Waals surface area contributed by atoms with Crippen LogP contribution in [0.25, 0.3) is 0 Å². The maximum absolute atomic E-state index is 11.7. The number of H-pyrrole nitrogens is 1. The number of hydrogen-bond acceptors (Lipinski definition) is 1. The number of nitrogens with one attached hydrogen (secondary N) is 1. The van der Waals surface area contributed by atoms with Gasteiger partial charge in [-0.05, 0) is 25.3 Å². The highest BCUT2D eigenvalue weighted by molar-refractivity contribution is 5.94. The van der Waals surface area contributed by atoms with E-state index in [1.807, 2.05) is 18.0 Å². The molecule has 0 bridgehead atoms. The van der Waals surface area contributed by atoms with Crippen molar-refractivity contribution in [3.05, 3.63) is 24.0 Å². The Morgan fingerprint density at radius 3 is 2.85 bits per heavy atom. The van der Waals surface area contributed by atoms with Crippen molar-refractivity contribution in [2.75, 3.05) is 7.05 Å². The predicted molar refractivity (Wildman–Crippen MR) is 50.5 cm³/mol. The zero-order valence-electron chi connectivity index (χ0n) is 7.79. The molecule has 0 aromatic carbocycles. The summed E-state index contributed by atoms with van der Waals surface area (Å²) < 4.78 is 0. The molecule has 1 N–H and O–H groups in total. The summed E-state index contributed by atoms with van der Waals surface area (Å²) in [7, 11) is 1.89. The Hall–Kier alpha value is -1.25. The number of amides is 1. The Kier molecular flexibility index (Phi) is 2.08. The van der Waals surface area contributed by atoms with E-state index >= 15 is 0 Å². The molecule has 1 heterocycles. The first-order valence-corrected chi connectivity index (χ1v) is 4.69. The average molecular weight is 178 g/mol. The molecule has 1 aromatic heterocycles. The lowest BCUT2D eigenvalue weighted by molar-refractivity contribution is 0.0652. The summed E-state index contributed by atoms with van der Waals surface area (Å²) in [4.78, 5) is 16.5. The molecule has 70 valence electrons. The van der Waals surface area contributed by atoms with E-state index in [0.29, 0.717) is 6.04 Å². The number of hydrogen-bond donors (Lipinski definition) is 1. The van der Waals surface area contributed by atoms with Gasteiger partial charge in [-0.1, -0.05) is 0 Å². The van der Waals surface area contributed by atoms with Crippen molar-refractivity contribution in [2.45, 2.75) is 25.3 Å². The Labute approximate surface area is 77.7 Å². The van der Waals surface area contributed by atoms with E-state index in [1.54, 1.807) is 12.4 Å². The molecule has 1 saturated carbocycles. The topological polar surface area (TPSA) is 36.1 Å². The van der Waals surface area contributed by atoms with E-state index < -0.39 is 0 Å². The molecule has 13 heavy (non-hydrogen) atoms. The van der Waals surface area contributed by atoms with Crippen LogP contribution in [0.1, 0.15) is 29.6 Å². The third-order valence-electron chi connectivity index (χ3n) is 2.79. The molecule has 1 amide bonds. The molecule has 1 fully saturated rings. The molecule has 1 aliphatic rings. The Morgan fingerprint density at radius 2 is 2.38 bits per heavy atom. The van der Waals surface area contributed by atoms with Gasteiger partial charge in [-0.15, -0.1) is 0 Å². The lowest BCUT2D eigenvalue weighted by atomic mass is 9.91. The molecule has 3 heteroatoms. The van der Waals surface area contributed by atoms with Crippen LogP contribution in [-0.2, 0) is 0 Å². The monoisotopic (exact) mass is 178 g/mol. The van der Waals surface area contributed by atoms with Gasteiger partial charge >= 0.3 is 0 Å². The fourth-order valence-electron chi connectivity index (χ4n) is 1.60. The molecule has 3 nitrogen and oxygen atoms in total. The summed E-state index contributed by atoms with van der Waals surface area (Å²) in [5.74, 6) is 0.131. The lowest BCUT2D eigenvalue weighted by Crippen LogP contribution is -2.41. The van der Waals surface area contributed by atoms with Gasteiger partial charge in [0.1, 0.15) is 0 Å². The van der Waals surface area contributed by atoms with Crippen molar-refractivity contribution >= 4 is 5.91 Å². The van der Waals surface area contributed by atoms with Crippen LogP contribution >= 0.6 is 0 Å². The Balaban J connectivity index is 2.04. The molecule has 0 radical (unpaired) electrons. The van der Waals surface area contributed by atoms with Gasteiger partial charge in [-0.2, -0.15) is 0 Å². The minimum atomic E-state index is 0.131. The first-order valence-electron chi connectivity index (χ1n) is 4.69. The molecule has 0 unspecified atom stereocenters. The summed E-state index contributed by atoms with van der Waals surface area (Å²) in [6.07, 6.45) is 7.11. The summed E-state index contributed by atoms with van der Waals surface area (Å²) in [5, 5.41) is 0. The Morgan fingerprint density at radius 1 is 1.62 bits per heavy atom. The molecule has 0 spiro atoms.